The zero-order valence-electron chi connectivity index (χ0n) is 7.05. The summed E-state index contributed by atoms with van der Waals surface area (Å²) in [7, 11) is 0. The van der Waals surface area contributed by atoms with Gasteiger partial charge < -0.3 is 5.73 Å². The van der Waals surface area contributed by atoms with Crippen LogP contribution >= 0.6 is 15.9 Å². The number of benzene rings is 1. The fourth-order valence-corrected chi connectivity index (χ4v) is 1.33. The Bertz CT molecular complexity index is 426. The highest BCUT2D eigenvalue weighted by molar-refractivity contribution is 9.09. The number of anilines is 1. The molecule has 2 N–H and O–H groups in total. The van der Waals surface area contributed by atoms with Gasteiger partial charge in [0.15, 0.2) is 5.78 Å². The van der Waals surface area contributed by atoms with Gasteiger partial charge in [0.05, 0.1) is 28.2 Å². The van der Waals surface area contributed by atoms with Gasteiger partial charge in [0.1, 0.15) is 5.82 Å². The molecule has 1 rings (SSSR count). The van der Waals surface area contributed by atoms with Crippen LogP contribution in [-0.4, -0.2) is 11.1 Å². The number of ketones is 1. The molecule has 5 heteroatoms. The minimum absolute atomic E-state index is 0.00926. The molecule has 0 unspecified atom stereocenters. The topological polar surface area (TPSA) is 66.9 Å². The third-order valence-electron chi connectivity index (χ3n) is 1.71. The molecule has 1 aromatic carbocycles. The van der Waals surface area contributed by atoms with Crippen molar-refractivity contribution in [2.24, 2.45) is 0 Å². The summed E-state index contributed by atoms with van der Waals surface area (Å²) in [4.78, 5) is 11.3. The lowest BCUT2D eigenvalue weighted by atomic mass is 10.0. The van der Waals surface area contributed by atoms with E-state index in [9.17, 15) is 9.18 Å². The first kappa shape index (κ1) is 10.7. The molecular weight excluding hydrogens is 251 g/mol. The molecule has 1 aromatic rings. The van der Waals surface area contributed by atoms with E-state index in [-0.39, 0.29) is 22.1 Å². The largest absolute Gasteiger partial charge is 0.396 e. The SMILES string of the molecule is N#Cc1ccc(F)c(N)c1C(=O)CBr. The standard InChI is InChI=1S/C9H6BrFN2O/c10-3-7(14)8-5(4-12)1-2-6(11)9(8)13/h1-2H,3,13H2. The highest BCUT2D eigenvalue weighted by atomic mass is 79.9. The van der Waals surface area contributed by atoms with Crippen LogP contribution in [0.5, 0.6) is 0 Å². The van der Waals surface area contributed by atoms with Gasteiger partial charge in [-0.1, -0.05) is 15.9 Å². The third kappa shape index (κ3) is 1.75. The predicted octanol–water partition coefficient (Wildman–Crippen LogP) is 1.86. The number of nitrogens with zero attached hydrogens (tertiary/aromatic N) is 1. The smallest absolute Gasteiger partial charge is 0.176 e. The van der Waals surface area contributed by atoms with Crippen molar-refractivity contribution < 1.29 is 9.18 Å². The number of Topliss-reactive ketones (excluding diaryl/α,β-unsaturated/α-hetero) is 1. The molecule has 0 heterocycles. The van der Waals surface area contributed by atoms with Crippen LogP contribution in [0.3, 0.4) is 0 Å². The van der Waals surface area contributed by atoms with Crippen molar-refractivity contribution in [1.82, 2.24) is 0 Å². The second kappa shape index (κ2) is 4.20. The number of rotatable bonds is 2. The fourth-order valence-electron chi connectivity index (χ4n) is 1.05. The van der Waals surface area contributed by atoms with Gasteiger partial charge in [-0.25, -0.2) is 4.39 Å². The molecule has 0 aliphatic heterocycles. The van der Waals surface area contributed by atoms with Crippen LogP contribution < -0.4 is 5.73 Å². The van der Waals surface area contributed by atoms with Crippen LogP contribution in [0.1, 0.15) is 15.9 Å². The van der Waals surface area contributed by atoms with Crippen molar-refractivity contribution in [3.8, 4) is 6.07 Å². The summed E-state index contributed by atoms with van der Waals surface area (Å²) >= 11 is 2.94. The van der Waals surface area contributed by atoms with Crippen LogP contribution in [-0.2, 0) is 0 Å². The molecule has 0 amide bonds. The Balaban J connectivity index is 3.45. The molecular formula is C9H6BrFN2O. The van der Waals surface area contributed by atoms with E-state index in [4.69, 9.17) is 11.0 Å². The number of nitrogen functional groups attached to an aromatic ring is 1. The maximum absolute atomic E-state index is 13.0. The number of nitriles is 1. The average molecular weight is 257 g/mol. The Morgan fingerprint density at radius 1 is 1.64 bits per heavy atom. The summed E-state index contributed by atoms with van der Waals surface area (Å²) in [6.45, 7) is 0. The van der Waals surface area contributed by atoms with E-state index in [0.29, 0.717) is 0 Å². The Kier molecular flexibility index (Phi) is 3.20. The van der Waals surface area contributed by atoms with Crippen molar-refractivity contribution in [3.63, 3.8) is 0 Å². The molecule has 14 heavy (non-hydrogen) atoms. The number of hydrogen-bond donors (Lipinski definition) is 1. The number of halogens is 2. The van der Waals surface area contributed by atoms with Crippen LogP contribution in [0.2, 0.25) is 0 Å². The van der Waals surface area contributed by atoms with Gasteiger partial charge in [-0.15, -0.1) is 0 Å². The second-order valence-electron chi connectivity index (χ2n) is 2.55. The van der Waals surface area contributed by atoms with Gasteiger partial charge in [0.2, 0.25) is 0 Å². The van der Waals surface area contributed by atoms with Crippen molar-refractivity contribution >= 4 is 27.4 Å². The molecule has 0 atom stereocenters. The maximum Gasteiger partial charge on any atom is 0.176 e. The zero-order chi connectivity index (χ0) is 10.7. The highest BCUT2D eigenvalue weighted by Gasteiger charge is 2.16. The molecule has 0 bridgehead atoms. The van der Waals surface area contributed by atoms with Crippen LogP contribution in [0.15, 0.2) is 12.1 Å². The molecule has 0 saturated carbocycles. The number of nitrogens with two attached hydrogens (primary N) is 1. The molecule has 72 valence electrons. The van der Waals surface area contributed by atoms with Gasteiger partial charge in [-0.3, -0.25) is 4.79 Å². The molecule has 0 radical (unpaired) electrons. The Hall–Kier alpha value is -1.41. The molecule has 3 nitrogen and oxygen atoms in total. The summed E-state index contributed by atoms with van der Waals surface area (Å²) in [5.41, 5.74) is 5.14. The Labute approximate surface area is 88.5 Å². The molecule has 0 fully saturated rings. The molecule has 0 spiro atoms. The normalized spacial score (nSPS) is 9.50. The van der Waals surface area contributed by atoms with Gasteiger partial charge >= 0.3 is 0 Å². The Morgan fingerprint density at radius 3 is 2.79 bits per heavy atom. The van der Waals surface area contributed by atoms with Gasteiger partial charge in [-0.05, 0) is 12.1 Å². The zero-order valence-corrected chi connectivity index (χ0v) is 8.64. The minimum atomic E-state index is -0.687. The summed E-state index contributed by atoms with van der Waals surface area (Å²) in [5.74, 6) is -1.09. The maximum atomic E-state index is 13.0. The van der Waals surface area contributed by atoms with Gasteiger partial charge in [-0.2, -0.15) is 5.26 Å². The first-order valence-corrected chi connectivity index (χ1v) is 4.81. The average Bonchev–Trinajstić information content (AvgIpc) is 2.20. The lowest BCUT2D eigenvalue weighted by molar-refractivity contribution is 0.102. The van der Waals surface area contributed by atoms with Gasteiger partial charge in [0, 0.05) is 0 Å². The first-order valence-electron chi connectivity index (χ1n) is 3.69. The first-order chi connectivity index (χ1) is 6.61. The summed E-state index contributed by atoms with van der Waals surface area (Å²) in [5, 5.41) is 8.69. The van der Waals surface area contributed by atoms with E-state index in [1.54, 1.807) is 6.07 Å². The molecule has 0 aromatic heterocycles. The van der Waals surface area contributed by atoms with Crippen molar-refractivity contribution in [1.29, 1.82) is 5.26 Å². The number of alkyl halides is 1. The predicted molar refractivity (Wildman–Crippen MR) is 53.7 cm³/mol. The quantitative estimate of drug-likeness (QED) is 0.499. The summed E-state index contributed by atoms with van der Waals surface area (Å²) in [6, 6.07) is 4.10. The second-order valence-corrected chi connectivity index (χ2v) is 3.11. The summed E-state index contributed by atoms with van der Waals surface area (Å²) in [6.07, 6.45) is 0. The monoisotopic (exact) mass is 256 g/mol. The molecule has 0 aliphatic carbocycles. The van der Waals surface area contributed by atoms with E-state index >= 15 is 0 Å². The van der Waals surface area contributed by atoms with Crippen molar-refractivity contribution in [2.75, 3.05) is 11.1 Å². The van der Waals surface area contributed by atoms with E-state index in [0.717, 1.165) is 6.07 Å². The van der Waals surface area contributed by atoms with Crippen molar-refractivity contribution in [2.45, 2.75) is 0 Å². The molecule has 0 saturated heterocycles. The van der Waals surface area contributed by atoms with E-state index in [1.165, 1.54) is 6.07 Å². The fraction of sp³-hybridized carbons (Fsp3) is 0.111. The minimum Gasteiger partial charge on any atom is -0.396 e. The van der Waals surface area contributed by atoms with E-state index in [1.807, 2.05) is 0 Å². The lowest BCUT2D eigenvalue weighted by Crippen LogP contribution is -2.09. The van der Waals surface area contributed by atoms with Gasteiger partial charge in [0.25, 0.3) is 0 Å². The highest BCUT2D eigenvalue weighted by Crippen LogP contribution is 2.21. The number of carbonyl (C=O) groups excluding carboxylic acids is 1. The summed E-state index contributed by atoms with van der Waals surface area (Å²) < 4.78 is 13.0. The number of carbonyl (C=O) groups is 1. The number of hydrogen-bond acceptors (Lipinski definition) is 3. The van der Waals surface area contributed by atoms with E-state index in [2.05, 4.69) is 15.9 Å². The van der Waals surface area contributed by atoms with Crippen LogP contribution in [0, 0.1) is 17.1 Å². The van der Waals surface area contributed by atoms with Crippen LogP contribution in [0.4, 0.5) is 10.1 Å². The Morgan fingerprint density at radius 2 is 2.29 bits per heavy atom. The van der Waals surface area contributed by atoms with Crippen LogP contribution in [0.25, 0.3) is 0 Å². The molecule has 0 aliphatic rings. The van der Waals surface area contributed by atoms with E-state index < -0.39 is 11.6 Å². The lowest BCUT2D eigenvalue weighted by Gasteiger charge is -2.05. The van der Waals surface area contributed by atoms with Crippen molar-refractivity contribution in [3.05, 3.63) is 29.1 Å². The third-order valence-corrected chi connectivity index (χ3v) is 2.22.